The lowest BCUT2D eigenvalue weighted by molar-refractivity contribution is 0.0936. The maximum absolute atomic E-state index is 12.3. The molecule has 2 aromatic heterocycles. The molecule has 3 heterocycles. The predicted molar refractivity (Wildman–Crippen MR) is 83.8 cm³/mol. The zero-order valence-corrected chi connectivity index (χ0v) is 12.8. The van der Waals surface area contributed by atoms with Crippen molar-refractivity contribution in [1.82, 2.24) is 15.3 Å². The topological polar surface area (TPSA) is 58.1 Å². The second kappa shape index (κ2) is 6.22. The molecule has 0 bridgehead atoms. The maximum atomic E-state index is 12.3. The average Bonchev–Trinajstić information content (AvgIpc) is 2.95. The number of anilines is 1. The number of aromatic nitrogens is 2. The highest BCUT2D eigenvalue weighted by Gasteiger charge is 2.24. The Bertz CT molecular complexity index is 613. The number of piperidine rings is 1. The molecule has 6 heteroatoms. The molecule has 0 aromatic carbocycles. The summed E-state index contributed by atoms with van der Waals surface area (Å²) in [6.07, 6.45) is 5.53. The van der Waals surface area contributed by atoms with E-state index in [1.54, 1.807) is 12.4 Å². The van der Waals surface area contributed by atoms with Crippen LogP contribution < -0.4 is 10.2 Å². The van der Waals surface area contributed by atoms with Gasteiger partial charge in [0.2, 0.25) is 5.95 Å². The van der Waals surface area contributed by atoms with Crippen molar-refractivity contribution in [3.05, 3.63) is 40.3 Å². The van der Waals surface area contributed by atoms with Gasteiger partial charge < -0.3 is 10.2 Å². The van der Waals surface area contributed by atoms with E-state index < -0.39 is 0 Å². The summed E-state index contributed by atoms with van der Waals surface area (Å²) in [5.74, 6) is 0.770. The van der Waals surface area contributed by atoms with Gasteiger partial charge in [0.05, 0.1) is 4.88 Å². The van der Waals surface area contributed by atoms with E-state index in [1.807, 2.05) is 24.4 Å². The molecule has 1 amide bonds. The zero-order chi connectivity index (χ0) is 14.7. The number of carbonyl (C=O) groups is 1. The Morgan fingerprint density at radius 2 is 2.24 bits per heavy atom. The number of aryl methyl sites for hydroxylation is 1. The van der Waals surface area contributed by atoms with Crippen molar-refractivity contribution in [3.63, 3.8) is 0 Å². The average molecular weight is 302 g/mol. The first-order valence-corrected chi connectivity index (χ1v) is 7.99. The summed E-state index contributed by atoms with van der Waals surface area (Å²) in [5, 5.41) is 5.09. The quantitative estimate of drug-likeness (QED) is 0.945. The first kappa shape index (κ1) is 14.0. The maximum Gasteiger partial charge on any atom is 0.261 e. The summed E-state index contributed by atoms with van der Waals surface area (Å²) in [7, 11) is 0. The van der Waals surface area contributed by atoms with Crippen molar-refractivity contribution in [3.8, 4) is 0 Å². The molecule has 1 fully saturated rings. The van der Waals surface area contributed by atoms with Gasteiger partial charge in [0, 0.05) is 31.5 Å². The van der Waals surface area contributed by atoms with Gasteiger partial charge in [-0.25, -0.2) is 9.97 Å². The number of thiophene rings is 1. The second-order valence-corrected chi connectivity index (χ2v) is 6.16. The van der Waals surface area contributed by atoms with Crippen LogP contribution in [0.4, 0.5) is 5.95 Å². The van der Waals surface area contributed by atoms with Crippen molar-refractivity contribution < 1.29 is 4.79 Å². The predicted octanol–water partition coefficient (Wildman–Crippen LogP) is 2.25. The Labute approximate surface area is 128 Å². The van der Waals surface area contributed by atoms with Crippen LogP contribution in [0.15, 0.2) is 29.9 Å². The van der Waals surface area contributed by atoms with Crippen molar-refractivity contribution in [2.75, 3.05) is 18.0 Å². The number of nitrogens with zero attached hydrogens (tertiary/aromatic N) is 3. The van der Waals surface area contributed by atoms with E-state index in [1.165, 1.54) is 11.3 Å². The number of rotatable bonds is 3. The third-order valence-corrected chi connectivity index (χ3v) is 4.68. The van der Waals surface area contributed by atoms with Crippen molar-refractivity contribution >= 4 is 23.2 Å². The zero-order valence-electron chi connectivity index (χ0n) is 12.0. The Morgan fingerprint density at radius 3 is 2.95 bits per heavy atom. The van der Waals surface area contributed by atoms with Crippen LogP contribution >= 0.6 is 11.3 Å². The van der Waals surface area contributed by atoms with E-state index in [-0.39, 0.29) is 11.9 Å². The van der Waals surface area contributed by atoms with Crippen LogP contribution in [0.25, 0.3) is 0 Å². The molecule has 2 aromatic rings. The Hall–Kier alpha value is -1.95. The lowest BCUT2D eigenvalue weighted by atomic mass is 10.1. The lowest BCUT2D eigenvalue weighted by Gasteiger charge is -2.33. The first-order chi connectivity index (χ1) is 10.2. The van der Waals surface area contributed by atoms with E-state index in [4.69, 9.17) is 0 Å². The van der Waals surface area contributed by atoms with Crippen LogP contribution in [0.2, 0.25) is 0 Å². The van der Waals surface area contributed by atoms with E-state index in [0.717, 1.165) is 42.3 Å². The summed E-state index contributed by atoms with van der Waals surface area (Å²) >= 11 is 1.49. The van der Waals surface area contributed by atoms with Gasteiger partial charge in [-0.2, -0.15) is 0 Å². The fraction of sp³-hybridized carbons (Fsp3) is 0.400. The van der Waals surface area contributed by atoms with Gasteiger partial charge in [-0.1, -0.05) is 0 Å². The van der Waals surface area contributed by atoms with Gasteiger partial charge in [-0.3, -0.25) is 4.79 Å². The molecular weight excluding hydrogens is 284 g/mol. The van der Waals surface area contributed by atoms with Crippen LogP contribution in [0.5, 0.6) is 0 Å². The minimum absolute atomic E-state index is 0.0309. The molecule has 5 nitrogen and oxygen atoms in total. The van der Waals surface area contributed by atoms with Gasteiger partial charge in [0.25, 0.3) is 5.91 Å². The summed E-state index contributed by atoms with van der Waals surface area (Å²) in [5.41, 5.74) is 1.04. The molecule has 110 valence electrons. The van der Waals surface area contributed by atoms with Gasteiger partial charge in [-0.15, -0.1) is 11.3 Å². The molecule has 21 heavy (non-hydrogen) atoms. The second-order valence-electron chi connectivity index (χ2n) is 5.24. The van der Waals surface area contributed by atoms with E-state index in [9.17, 15) is 4.79 Å². The van der Waals surface area contributed by atoms with E-state index >= 15 is 0 Å². The molecule has 1 atom stereocenters. The number of hydrogen-bond acceptors (Lipinski definition) is 5. The van der Waals surface area contributed by atoms with Crippen LogP contribution in [0.1, 0.15) is 28.1 Å². The summed E-state index contributed by atoms with van der Waals surface area (Å²) in [6.45, 7) is 3.67. The van der Waals surface area contributed by atoms with Crippen LogP contribution in [0, 0.1) is 6.92 Å². The third kappa shape index (κ3) is 3.21. The first-order valence-electron chi connectivity index (χ1n) is 7.11. The number of amides is 1. The van der Waals surface area contributed by atoms with Gasteiger partial charge >= 0.3 is 0 Å². The highest BCUT2D eigenvalue weighted by Crippen LogP contribution is 2.18. The SMILES string of the molecule is Cc1ccsc1C(=O)NC1CCCN(c2ncccn2)C1. The summed E-state index contributed by atoms with van der Waals surface area (Å²) < 4.78 is 0. The smallest absolute Gasteiger partial charge is 0.261 e. The normalized spacial score (nSPS) is 18.5. The molecule has 3 rings (SSSR count). The van der Waals surface area contributed by atoms with Crippen LogP contribution in [-0.2, 0) is 0 Å². The molecular formula is C15H18N4OS. The fourth-order valence-electron chi connectivity index (χ4n) is 2.59. The Morgan fingerprint density at radius 1 is 1.43 bits per heavy atom. The molecule has 0 aliphatic carbocycles. The van der Waals surface area contributed by atoms with Crippen molar-refractivity contribution in [1.29, 1.82) is 0 Å². The minimum atomic E-state index is 0.0309. The summed E-state index contributed by atoms with van der Waals surface area (Å²) in [6, 6.07) is 3.94. The number of hydrogen-bond donors (Lipinski definition) is 1. The van der Waals surface area contributed by atoms with E-state index in [0.29, 0.717) is 0 Å². The van der Waals surface area contributed by atoms with Gasteiger partial charge in [0.15, 0.2) is 0 Å². The molecule has 1 saturated heterocycles. The van der Waals surface area contributed by atoms with Crippen LogP contribution in [-0.4, -0.2) is 35.0 Å². The molecule has 0 spiro atoms. The molecule has 0 saturated carbocycles. The standard InChI is InChI=1S/C15H18N4OS/c1-11-5-9-21-13(11)14(20)18-12-4-2-8-19(10-12)15-16-6-3-7-17-15/h3,5-7,9,12H,2,4,8,10H2,1H3,(H,18,20). The largest absolute Gasteiger partial charge is 0.347 e. The molecule has 1 aliphatic rings. The van der Waals surface area contributed by atoms with Gasteiger partial charge in [0.1, 0.15) is 0 Å². The third-order valence-electron chi connectivity index (χ3n) is 3.66. The number of carbonyl (C=O) groups excluding carboxylic acids is 1. The summed E-state index contributed by atoms with van der Waals surface area (Å²) in [4.78, 5) is 23.8. The highest BCUT2D eigenvalue weighted by atomic mass is 32.1. The molecule has 0 radical (unpaired) electrons. The van der Waals surface area contributed by atoms with Gasteiger partial charge in [-0.05, 0) is 42.8 Å². The van der Waals surface area contributed by atoms with Crippen molar-refractivity contribution in [2.45, 2.75) is 25.8 Å². The molecule has 1 unspecified atom stereocenters. The Balaban J connectivity index is 1.64. The molecule has 1 N–H and O–H groups in total. The minimum Gasteiger partial charge on any atom is -0.347 e. The fourth-order valence-corrected chi connectivity index (χ4v) is 3.42. The van der Waals surface area contributed by atoms with Crippen molar-refractivity contribution in [2.24, 2.45) is 0 Å². The number of nitrogens with one attached hydrogen (secondary N) is 1. The van der Waals surface area contributed by atoms with E-state index in [2.05, 4.69) is 20.2 Å². The lowest BCUT2D eigenvalue weighted by Crippen LogP contribution is -2.48. The monoisotopic (exact) mass is 302 g/mol. The molecule has 1 aliphatic heterocycles. The Kier molecular flexibility index (Phi) is 4.15. The van der Waals surface area contributed by atoms with Crippen LogP contribution in [0.3, 0.4) is 0 Å². The highest BCUT2D eigenvalue weighted by molar-refractivity contribution is 7.12.